The molecule has 0 saturated carbocycles. The number of hydrogen-bond acceptors (Lipinski definition) is 5. The maximum absolute atomic E-state index is 11.4. The first-order chi connectivity index (χ1) is 10.6. The van der Waals surface area contributed by atoms with Gasteiger partial charge in [0.1, 0.15) is 12.7 Å². The van der Waals surface area contributed by atoms with Crippen LogP contribution in [-0.4, -0.2) is 87.2 Å². The standard InChI is InChI=1S/C15H26N6O/c1-13-9-18(3-8-21-12-16-11-17-21)10-15(13)20-6-4-19(5-7-20)14(2)22/h11-13,15H,3-10H2,1-2H3/t13-,15+/m0/s1. The lowest BCUT2D eigenvalue weighted by Crippen LogP contribution is -2.53. The molecule has 122 valence electrons. The average molecular weight is 306 g/mol. The minimum Gasteiger partial charge on any atom is -0.340 e. The zero-order chi connectivity index (χ0) is 15.5. The molecule has 2 fully saturated rings. The highest BCUT2D eigenvalue weighted by atomic mass is 16.2. The summed E-state index contributed by atoms with van der Waals surface area (Å²) in [5.41, 5.74) is 0. The van der Waals surface area contributed by atoms with E-state index in [2.05, 4.69) is 26.8 Å². The Hall–Kier alpha value is -1.47. The number of hydrogen-bond donors (Lipinski definition) is 0. The van der Waals surface area contributed by atoms with E-state index in [1.807, 2.05) is 9.58 Å². The molecule has 1 aromatic rings. The smallest absolute Gasteiger partial charge is 0.219 e. The Kier molecular flexibility index (Phi) is 4.73. The predicted molar refractivity (Wildman–Crippen MR) is 83.2 cm³/mol. The van der Waals surface area contributed by atoms with E-state index in [-0.39, 0.29) is 5.91 Å². The van der Waals surface area contributed by atoms with E-state index in [0.717, 1.165) is 52.4 Å². The molecule has 2 atom stereocenters. The number of piperazine rings is 1. The van der Waals surface area contributed by atoms with Gasteiger partial charge < -0.3 is 4.90 Å². The number of nitrogens with zero attached hydrogens (tertiary/aromatic N) is 6. The normalized spacial score (nSPS) is 27.5. The van der Waals surface area contributed by atoms with E-state index < -0.39 is 0 Å². The van der Waals surface area contributed by atoms with Gasteiger partial charge in [0.2, 0.25) is 5.91 Å². The first-order valence-corrected chi connectivity index (χ1v) is 8.18. The lowest BCUT2D eigenvalue weighted by Gasteiger charge is -2.39. The molecule has 2 aliphatic rings. The van der Waals surface area contributed by atoms with Crippen molar-refractivity contribution in [2.45, 2.75) is 26.4 Å². The van der Waals surface area contributed by atoms with Crippen molar-refractivity contribution in [3.05, 3.63) is 12.7 Å². The van der Waals surface area contributed by atoms with Crippen LogP contribution in [-0.2, 0) is 11.3 Å². The molecule has 3 heterocycles. The van der Waals surface area contributed by atoms with E-state index in [1.165, 1.54) is 0 Å². The largest absolute Gasteiger partial charge is 0.340 e. The Morgan fingerprint density at radius 3 is 2.59 bits per heavy atom. The summed E-state index contributed by atoms with van der Waals surface area (Å²) in [6, 6.07) is 0.616. The van der Waals surface area contributed by atoms with Crippen molar-refractivity contribution in [1.82, 2.24) is 29.5 Å². The van der Waals surface area contributed by atoms with Crippen LogP contribution in [0.3, 0.4) is 0 Å². The number of aromatic nitrogens is 3. The summed E-state index contributed by atoms with van der Waals surface area (Å²) in [7, 11) is 0. The van der Waals surface area contributed by atoms with Crippen LogP contribution in [0.25, 0.3) is 0 Å². The second kappa shape index (κ2) is 6.75. The second-order valence-corrected chi connectivity index (χ2v) is 6.50. The average Bonchev–Trinajstić information content (AvgIpc) is 3.14. The predicted octanol–water partition coefficient (Wildman–Crippen LogP) is -0.237. The third-order valence-electron chi connectivity index (χ3n) is 4.99. The number of carbonyl (C=O) groups is 1. The Morgan fingerprint density at radius 1 is 1.18 bits per heavy atom. The van der Waals surface area contributed by atoms with Crippen LogP contribution in [0.5, 0.6) is 0 Å². The molecule has 0 bridgehead atoms. The van der Waals surface area contributed by atoms with E-state index in [0.29, 0.717) is 12.0 Å². The highest BCUT2D eigenvalue weighted by Crippen LogP contribution is 2.22. The van der Waals surface area contributed by atoms with Crippen molar-refractivity contribution in [2.24, 2.45) is 5.92 Å². The van der Waals surface area contributed by atoms with Crippen molar-refractivity contribution in [3.8, 4) is 0 Å². The summed E-state index contributed by atoms with van der Waals surface area (Å²) in [6.45, 7) is 12.0. The summed E-state index contributed by atoms with van der Waals surface area (Å²) in [5.74, 6) is 0.883. The first-order valence-electron chi connectivity index (χ1n) is 8.18. The molecule has 3 rings (SSSR count). The summed E-state index contributed by atoms with van der Waals surface area (Å²) in [5, 5.41) is 4.16. The molecule has 1 aromatic heterocycles. The molecular formula is C15H26N6O. The molecule has 22 heavy (non-hydrogen) atoms. The topological polar surface area (TPSA) is 57.5 Å². The molecule has 7 nitrogen and oxygen atoms in total. The van der Waals surface area contributed by atoms with Gasteiger partial charge in [-0.2, -0.15) is 5.10 Å². The van der Waals surface area contributed by atoms with E-state index >= 15 is 0 Å². The van der Waals surface area contributed by atoms with Crippen LogP contribution in [0.2, 0.25) is 0 Å². The molecular weight excluding hydrogens is 280 g/mol. The lowest BCUT2D eigenvalue weighted by molar-refractivity contribution is -0.130. The van der Waals surface area contributed by atoms with Crippen LogP contribution in [0.4, 0.5) is 0 Å². The third kappa shape index (κ3) is 3.47. The number of carbonyl (C=O) groups excluding carboxylic acids is 1. The highest BCUT2D eigenvalue weighted by molar-refractivity contribution is 5.73. The van der Waals surface area contributed by atoms with Crippen LogP contribution >= 0.6 is 0 Å². The van der Waals surface area contributed by atoms with Crippen molar-refractivity contribution in [2.75, 3.05) is 45.8 Å². The van der Waals surface area contributed by atoms with Crippen molar-refractivity contribution < 1.29 is 4.79 Å². The van der Waals surface area contributed by atoms with Gasteiger partial charge >= 0.3 is 0 Å². The number of rotatable bonds is 4. The fourth-order valence-corrected chi connectivity index (χ4v) is 3.67. The Balaban J connectivity index is 1.48. The van der Waals surface area contributed by atoms with Gasteiger partial charge in [0, 0.05) is 58.8 Å². The third-order valence-corrected chi connectivity index (χ3v) is 4.99. The maximum atomic E-state index is 11.4. The zero-order valence-electron chi connectivity index (χ0n) is 13.6. The Bertz CT molecular complexity index is 482. The van der Waals surface area contributed by atoms with Crippen molar-refractivity contribution >= 4 is 5.91 Å². The summed E-state index contributed by atoms with van der Waals surface area (Å²) in [4.78, 5) is 22.5. The van der Waals surface area contributed by atoms with Crippen LogP contribution in [0.1, 0.15) is 13.8 Å². The number of likely N-dealkylation sites (tertiary alicyclic amines) is 1. The van der Waals surface area contributed by atoms with Gasteiger partial charge in [0.15, 0.2) is 0 Å². The van der Waals surface area contributed by atoms with Crippen molar-refractivity contribution in [3.63, 3.8) is 0 Å². The first kappa shape index (κ1) is 15.4. The second-order valence-electron chi connectivity index (χ2n) is 6.50. The van der Waals surface area contributed by atoms with Crippen LogP contribution < -0.4 is 0 Å². The molecule has 7 heteroatoms. The molecule has 2 saturated heterocycles. The molecule has 0 radical (unpaired) electrons. The molecule has 0 aliphatic carbocycles. The molecule has 0 unspecified atom stereocenters. The fraction of sp³-hybridized carbons (Fsp3) is 0.800. The van der Waals surface area contributed by atoms with E-state index in [1.54, 1.807) is 19.6 Å². The Morgan fingerprint density at radius 2 is 1.95 bits per heavy atom. The zero-order valence-corrected chi connectivity index (χ0v) is 13.6. The Labute approximate surface area is 131 Å². The van der Waals surface area contributed by atoms with Gasteiger partial charge in [-0.25, -0.2) is 4.98 Å². The van der Waals surface area contributed by atoms with Crippen LogP contribution in [0, 0.1) is 5.92 Å². The quantitative estimate of drug-likeness (QED) is 0.769. The number of amides is 1. The molecule has 0 aromatic carbocycles. The van der Waals surface area contributed by atoms with E-state index in [4.69, 9.17) is 0 Å². The minimum absolute atomic E-state index is 0.202. The molecule has 2 aliphatic heterocycles. The highest BCUT2D eigenvalue weighted by Gasteiger charge is 2.35. The summed E-state index contributed by atoms with van der Waals surface area (Å²) >= 11 is 0. The monoisotopic (exact) mass is 306 g/mol. The van der Waals surface area contributed by atoms with Gasteiger partial charge in [-0.1, -0.05) is 6.92 Å². The SMILES string of the molecule is CC(=O)N1CCN([C@@H]2CN(CCn3cncn3)C[C@@H]2C)CC1. The molecule has 0 N–H and O–H groups in total. The minimum atomic E-state index is 0.202. The summed E-state index contributed by atoms with van der Waals surface area (Å²) in [6.07, 6.45) is 3.36. The molecule has 1 amide bonds. The van der Waals surface area contributed by atoms with E-state index in [9.17, 15) is 4.79 Å². The lowest BCUT2D eigenvalue weighted by atomic mass is 10.0. The van der Waals surface area contributed by atoms with Gasteiger partial charge in [-0.15, -0.1) is 0 Å². The fourth-order valence-electron chi connectivity index (χ4n) is 3.67. The van der Waals surface area contributed by atoms with Gasteiger partial charge in [-0.3, -0.25) is 19.3 Å². The maximum Gasteiger partial charge on any atom is 0.219 e. The summed E-state index contributed by atoms with van der Waals surface area (Å²) < 4.78 is 1.89. The molecule has 0 spiro atoms. The van der Waals surface area contributed by atoms with Gasteiger partial charge in [0.05, 0.1) is 6.54 Å². The van der Waals surface area contributed by atoms with Gasteiger partial charge in [-0.05, 0) is 5.92 Å². The van der Waals surface area contributed by atoms with Crippen molar-refractivity contribution in [1.29, 1.82) is 0 Å². The van der Waals surface area contributed by atoms with Crippen LogP contribution in [0.15, 0.2) is 12.7 Å². The van der Waals surface area contributed by atoms with Gasteiger partial charge in [0.25, 0.3) is 0 Å².